The lowest BCUT2D eigenvalue weighted by Crippen LogP contribution is -1.93. The zero-order chi connectivity index (χ0) is 5.11. The highest BCUT2D eigenvalue weighted by Gasteiger charge is 2.05. The van der Waals surface area contributed by atoms with Gasteiger partial charge in [-0.1, -0.05) is 6.92 Å². The second kappa shape index (κ2) is 2.10. The van der Waals surface area contributed by atoms with Crippen molar-refractivity contribution in [2.75, 3.05) is 0 Å². The average molecular weight is 97.2 g/mol. The van der Waals surface area contributed by atoms with E-state index in [0.29, 0.717) is 6.04 Å². The highest BCUT2D eigenvalue weighted by Crippen LogP contribution is 2.09. The van der Waals surface area contributed by atoms with Gasteiger partial charge in [-0.3, -0.25) is 4.99 Å². The lowest BCUT2D eigenvalue weighted by molar-refractivity contribution is 0.649. The summed E-state index contributed by atoms with van der Waals surface area (Å²) in [5, 5.41) is 0. The normalized spacial score (nSPS) is 29.0. The van der Waals surface area contributed by atoms with E-state index >= 15 is 0 Å². The molecule has 1 heteroatoms. The van der Waals surface area contributed by atoms with E-state index in [0.717, 1.165) is 0 Å². The molecule has 0 amide bonds. The third kappa shape index (κ3) is 1.02. The third-order valence-corrected chi connectivity index (χ3v) is 1.42. The minimum absolute atomic E-state index is 0.667. The van der Waals surface area contributed by atoms with Gasteiger partial charge in [0, 0.05) is 6.04 Å². The van der Waals surface area contributed by atoms with Crippen LogP contribution in [0.15, 0.2) is 4.99 Å². The Kier molecular flexibility index (Phi) is 1.45. The van der Waals surface area contributed by atoms with Crippen LogP contribution in [0, 0.1) is 0 Å². The third-order valence-electron chi connectivity index (χ3n) is 1.42. The van der Waals surface area contributed by atoms with Crippen molar-refractivity contribution in [3.8, 4) is 0 Å². The zero-order valence-electron chi connectivity index (χ0n) is 4.72. The fourth-order valence-corrected chi connectivity index (χ4v) is 0.875. The van der Waals surface area contributed by atoms with Crippen molar-refractivity contribution in [1.29, 1.82) is 0 Å². The van der Waals surface area contributed by atoms with Crippen LogP contribution in [-0.2, 0) is 0 Å². The van der Waals surface area contributed by atoms with Crippen LogP contribution in [0.3, 0.4) is 0 Å². The number of hydrogen-bond acceptors (Lipinski definition) is 1. The average Bonchev–Trinajstić information content (AvgIpc) is 2.14. The van der Waals surface area contributed by atoms with Crippen LogP contribution in [0.5, 0.6) is 0 Å². The molecule has 1 atom stereocenters. The predicted octanol–water partition coefficient (Wildman–Crippen LogP) is 1.63. The molecule has 0 bridgehead atoms. The molecule has 0 aromatic carbocycles. The number of aliphatic imine (C=N–C) groups is 1. The summed E-state index contributed by atoms with van der Waals surface area (Å²) in [5.74, 6) is 0. The van der Waals surface area contributed by atoms with Crippen molar-refractivity contribution in [1.82, 2.24) is 0 Å². The van der Waals surface area contributed by atoms with Gasteiger partial charge in [-0.2, -0.15) is 0 Å². The minimum Gasteiger partial charge on any atom is -0.294 e. The van der Waals surface area contributed by atoms with E-state index in [1.165, 1.54) is 19.3 Å². The Morgan fingerprint density at radius 2 is 2.71 bits per heavy atom. The van der Waals surface area contributed by atoms with Crippen molar-refractivity contribution in [2.24, 2.45) is 4.99 Å². The van der Waals surface area contributed by atoms with Gasteiger partial charge in [-0.05, 0) is 25.5 Å². The molecule has 0 aliphatic carbocycles. The molecule has 1 nitrogen and oxygen atoms in total. The number of hydrogen-bond donors (Lipinski definition) is 0. The van der Waals surface area contributed by atoms with Gasteiger partial charge in [-0.25, -0.2) is 0 Å². The smallest absolute Gasteiger partial charge is 0.0496 e. The highest BCUT2D eigenvalue weighted by atomic mass is 14.8. The Bertz CT molecular complexity index is 76.2. The van der Waals surface area contributed by atoms with Crippen LogP contribution < -0.4 is 0 Å². The standard InChI is InChI=1S/C6H11N/c1-2-6-4-3-5-7-6/h5-6H,2-4H2,1H3. The molecule has 7 heavy (non-hydrogen) atoms. The van der Waals surface area contributed by atoms with E-state index < -0.39 is 0 Å². The molecule has 0 aromatic heterocycles. The molecule has 0 saturated carbocycles. The molecular weight excluding hydrogens is 86.1 g/mol. The number of nitrogens with zero attached hydrogens (tertiary/aromatic N) is 1. The molecule has 1 unspecified atom stereocenters. The summed E-state index contributed by atoms with van der Waals surface area (Å²) in [5.41, 5.74) is 0. The maximum Gasteiger partial charge on any atom is 0.0496 e. The van der Waals surface area contributed by atoms with Gasteiger partial charge >= 0.3 is 0 Å². The zero-order valence-corrected chi connectivity index (χ0v) is 4.72. The molecule has 0 N–H and O–H groups in total. The van der Waals surface area contributed by atoms with Gasteiger partial charge < -0.3 is 0 Å². The monoisotopic (exact) mass is 97.1 g/mol. The topological polar surface area (TPSA) is 12.4 Å². The van der Waals surface area contributed by atoms with Crippen molar-refractivity contribution in [3.63, 3.8) is 0 Å². The molecule has 1 rings (SSSR count). The molecule has 0 aromatic rings. The predicted molar refractivity (Wildman–Crippen MR) is 31.8 cm³/mol. The van der Waals surface area contributed by atoms with Crippen LogP contribution in [-0.4, -0.2) is 12.3 Å². The summed E-state index contributed by atoms with van der Waals surface area (Å²) < 4.78 is 0. The summed E-state index contributed by atoms with van der Waals surface area (Å²) in [7, 11) is 0. The van der Waals surface area contributed by atoms with E-state index in [2.05, 4.69) is 11.9 Å². The summed E-state index contributed by atoms with van der Waals surface area (Å²) in [6.45, 7) is 2.19. The van der Waals surface area contributed by atoms with Crippen LogP contribution in [0.2, 0.25) is 0 Å². The summed E-state index contributed by atoms with van der Waals surface area (Å²) in [6, 6.07) is 0.667. The first-order chi connectivity index (χ1) is 3.43. The molecule has 0 fully saturated rings. The first-order valence-electron chi connectivity index (χ1n) is 2.95. The molecule has 1 aliphatic rings. The molecule has 0 spiro atoms. The van der Waals surface area contributed by atoms with E-state index in [4.69, 9.17) is 0 Å². The van der Waals surface area contributed by atoms with E-state index in [1.807, 2.05) is 6.21 Å². The first kappa shape index (κ1) is 4.82. The fraction of sp³-hybridized carbons (Fsp3) is 0.833. The second-order valence-corrected chi connectivity index (χ2v) is 1.97. The second-order valence-electron chi connectivity index (χ2n) is 1.97. The van der Waals surface area contributed by atoms with Crippen LogP contribution in [0.4, 0.5) is 0 Å². The molecule has 0 radical (unpaired) electrons. The Balaban J connectivity index is 2.28. The Morgan fingerprint density at radius 3 is 3.00 bits per heavy atom. The molecular formula is C6H11N. The maximum atomic E-state index is 4.23. The van der Waals surface area contributed by atoms with Crippen LogP contribution >= 0.6 is 0 Å². The van der Waals surface area contributed by atoms with Gasteiger partial charge in [0.25, 0.3) is 0 Å². The quantitative estimate of drug-likeness (QED) is 0.471. The lowest BCUT2D eigenvalue weighted by Gasteiger charge is -1.96. The summed E-state index contributed by atoms with van der Waals surface area (Å²) >= 11 is 0. The minimum atomic E-state index is 0.667. The van der Waals surface area contributed by atoms with Crippen LogP contribution in [0.25, 0.3) is 0 Å². The summed E-state index contributed by atoms with van der Waals surface area (Å²) in [6.07, 6.45) is 5.75. The molecule has 1 heterocycles. The highest BCUT2D eigenvalue weighted by molar-refractivity contribution is 5.59. The Labute approximate surface area is 44.5 Å². The van der Waals surface area contributed by atoms with Gasteiger partial charge in [-0.15, -0.1) is 0 Å². The molecule has 1 aliphatic heterocycles. The summed E-state index contributed by atoms with van der Waals surface area (Å²) in [4.78, 5) is 4.23. The van der Waals surface area contributed by atoms with Crippen LogP contribution in [0.1, 0.15) is 26.2 Å². The van der Waals surface area contributed by atoms with E-state index in [9.17, 15) is 0 Å². The van der Waals surface area contributed by atoms with E-state index in [-0.39, 0.29) is 0 Å². The number of rotatable bonds is 1. The first-order valence-corrected chi connectivity index (χ1v) is 2.95. The Hall–Kier alpha value is -0.330. The van der Waals surface area contributed by atoms with Gasteiger partial charge in [0.1, 0.15) is 0 Å². The van der Waals surface area contributed by atoms with E-state index in [1.54, 1.807) is 0 Å². The Morgan fingerprint density at radius 1 is 1.86 bits per heavy atom. The molecule has 0 saturated heterocycles. The maximum absolute atomic E-state index is 4.23. The molecule has 40 valence electrons. The lowest BCUT2D eigenvalue weighted by atomic mass is 10.2. The fourth-order valence-electron chi connectivity index (χ4n) is 0.875. The van der Waals surface area contributed by atoms with Crippen molar-refractivity contribution < 1.29 is 0 Å². The van der Waals surface area contributed by atoms with Gasteiger partial charge in [0.15, 0.2) is 0 Å². The van der Waals surface area contributed by atoms with Crippen molar-refractivity contribution >= 4 is 6.21 Å². The van der Waals surface area contributed by atoms with Crippen molar-refractivity contribution in [2.45, 2.75) is 32.2 Å². The van der Waals surface area contributed by atoms with Gasteiger partial charge in [0.2, 0.25) is 0 Å². The largest absolute Gasteiger partial charge is 0.294 e. The van der Waals surface area contributed by atoms with Crippen molar-refractivity contribution in [3.05, 3.63) is 0 Å². The SMILES string of the molecule is CCC1CCC=N1. The van der Waals surface area contributed by atoms with Gasteiger partial charge in [0.05, 0.1) is 0 Å².